The Hall–Kier alpha value is -1.69. The van der Waals surface area contributed by atoms with E-state index in [4.69, 9.17) is 0 Å². The van der Waals surface area contributed by atoms with Crippen LogP contribution in [0.15, 0.2) is 40.2 Å². The first-order valence-electron chi connectivity index (χ1n) is 9.21. The van der Waals surface area contributed by atoms with Gasteiger partial charge in [0.15, 0.2) is 0 Å². The van der Waals surface area contributed by atoms with Gasteiger partial charge in [-0.05, 0) is 98.5 Å². The Balaban J connectivity index is 0.000000292. The third-order valence-electron chi connectivity index (χ3n) is 4.94. The summed E-state index contributed by atoms with van der Waals surface area (Å²) < 4.78 is 3.88. The zero-order valence-electron chi connectivity index (χ0n) is 18.3. The van der Waals surface area contributed by atoms with Gasteiger partial charge in [-0.1, -0.05) is 0 Å². The Morgan fingerprint density at radius 2 is 1.23 bits per heavy atom. The summed E-state index contributed by atoms with van der Waals surface area (Å²) in [5.74, 6) is 0. The Bertz CT molecular complexity index is 1380. The maximum atomic E-state index is 11.9. The highest BCUT2D eigenvalue weighted by molar-refractivity contribution is 14.1. The number of nitrogens with zero attached hydrogens (tertiary/aromatic N) is 4. The van der Waals surface area contributed by atoms with Crippen LogP contribution in [0.1, 0.15) is 33.6 Å². The molecule has 4 rings (SSSR count). The van der Waals surface area contributed by atoms with E-state index in [1.54, 1.807) is 14.9 Å². The second-order valence-corrected chi connectivity index (χ2v) is 8.37. The lowest BCUT2D eigenvalue weighted by Gasteiger charge is -3.00. The monoisotopic (exact) mass is 565 g/mol. The van der Waals surface area contributed by atoms with Gasteiger partial charge in [-0.25, -0.2) is 9.97 Å². The second-order valence-electron chi connectivity index (χ2n) is 7.29. The van der Waals surface area contributed by atoms with E-state index in [2.05, 4.69) is 9.97 Å². The molecule has 0 fully saturated rings. The first-order valence-corrected chi connectivity index (χ1v) is 10.3. The molecule has 0 amide bonds. The zero-order chi connectivity index (χ0) is 21.5. The normalized spacial score (nSPS) is 10.2. The Morgan fingerprint density at radius 1 is 0.742 bits per heavy atom. The van der Waals surface area contributed by atoms with Crippen molar-refractivity contribution in [3.8, 4) is 0 Å². The van der Waals surface area contributed by atoms with Crippen LogP contribution in [0.3, 0.4) is 0 Å². The van der Waals surface area contributed by atoms with Crippen molar-refractivity contribution in [2.24, 2.45) is 0 Å². The number of fused-ring (bicyclic) bond motifs is 2. The molecule has 0 saturated heterocycles. The standard InChI is InChI=1S/C11H11IN2O.C11H12N2O.HP.P/c1-6-4-9-13-8(3)10(12)11(15)14(9)5-7(6)2;1-7-4-10-12-9(3)5-11(14)13(10)6-8(7)2;;/h4-5H,1-3H3;4-6H,1-3H3;1H;/q;;-2;-3. The van der Waals surface area contributed by atoms with E-state index >= 15 is 0 Å². The van der Waals surface area contributed by atoms with Crippen LogP contribution in [-0.2, 0) is 0 Å². The maximum Gasteiger partial charge on any atom is 0.271 e. The number of aryl methyl sites for hydroxylation is 6. The van der Waals surface area contributed by atoms with Crippen molar-refractivity contribution in [2.45, 2.75) is 41.5 Å². The fraction of sp³-hybridized carbons (Fsp3) is 0.273. The summed E-state index contributed by atoms with van der Waals surface area (Å²) in [6, 6.07) is 5.42. The molecule has 0 aliphatic rings. The van der Waals surface area contributed by atoms with Crippen molar-refractivity contribution in [3.05, 3.63) is 88.5 Å². The topological polar surface area (TPSA) is 68.7 Å². The number of hydrogen-bond donors (Lipinski definition) is 0. The molecule has 0 aliphatic heterocycles. The Morgan fingerprint density at radius 3 is 1.77 bits per heavy atom. The first kappa shape index (κ1) is 27.3. The van der Waals surface area contributed by atoms with Gasteiger partial charge in [0.25, 0.3) is 11.1 Å². The van der Waals surface area contributed by atoms with Crippen LogP contribution in [0.2, 0.25) is 0 Å². The highest BCUT2D eigenvalue weighted by Gasteiger charge is 2.07. The number of pyridine rings is 2. The van der Waals surface area contributed by atoms with Gasteiger partial charge in [-0.3, -0.25) is 18.4 Å². The van der Waals surface area contributed by atoms with E-state index in [1.165, 1.54) is 0 Å². The maximum absolute atomic E-state index is 11.9. The molecule has 0 spiro atoms. The van der Waals surface area contributed by atoms with Crippen molar-refractivity contribution in [3.63, 3.8) is 0 Å². The third-order valence-corrected chi connectivity index (χ3v) is 6.18. The molecule has 0 unspecified atom stereocenters. The van der Waals surface area contributed by atoms with Gasteiger partial charge in [-0.2, -0.15) is 0 Å². The summed E-state index contributed by atoms with van der Waals surface area (Å²) >= 11 is 2.04. The van der Waals surface area contributed by atoms with Gasteiger partial charge in [0.05, 0.1) is 5.69 Å². The molecule has 0 N–H and O–H groups in total. The minimum Gasteiger partial charge on any atom is -3.00 e. The SMILES string of the molecule is Cc1cc(=O)n2cc(C)c(C)cc2n1.Cc1cc2nc(C)c(I)c(=O)n2cc1C.[P-3].[PH-2]. The van der Waals surface area contributed by atoms with E-state index < -0.39 is 0 Å². The number of rotatable bonds is 0. The van der Waals surface area contributed by atoms with Crippen molar-refractivity contribution in [1.29, 1.82) is 0 Å². The molecule has 0 atom stereocenters. The molecule has 0 radical (unpaired) electrons. The average Bonchev–Trinajstić information content (AvgIpc) is 2.64. The van der Waals surface area contributed by atoms with Gasteiger partial charge >= 0.3 is 0 Å². The molecule has 4 heterocycles. The molecule has 166 valence electrons. The molecule has 0 bridgehead atoms. The summed E-state index contributed by atoms with van der Waals surface area (Å²) in [5.41, 5.74) is 7.51. The van der Waals surface area contributed by atoms with E-state index in [-0.39, 0.29) is 30.9 Å². The predicted octanol–water partition coefficient (Wildman–Crippen LogP) is 5.30. The minimum atomic E-state index is -0.0180. The summed E-state index contributed by atoms with van der Waals surface area (Å²) in [5, 5.41) is 0. The summed E-state index contributed by atoms with van der Waals surface area (Å²) in [7, 11) is 0. The summed E-state index contributed by atoms with van der Waals surface area (Å²) in [4.78, 5) is 32.2. The lowest BCUT2D eigenvalue weighted by Crippen LogP contribution is -2.19. The molecular formula is C22H24IN4O2P2-5. The van der Waals surface area contributed by atoms with Crippen LogP contribution in [0.4, 0.5) is 0 Å². The zero-order valence-corrected chi connectivity index (χ0v) is 22.4. The third kappa shape index (κ3) is 5.76. The van der Waals surface area contributed by atoms with Gasteiger partial charge in [0.1, 0.15) is 14.9 Å². The number of halogens is 1. The van der Waals surface area contributed by atoms with Gasteiger partial charge < -0.3 is 19.8 Å². The molecular weight excluding hydrogens is 541 g/mol. The molecule has 9 heteroatoms. The molecule has 0 saturated carbocycles. The van der Waals surface area contributed by atoms with Crippen LogP contribution in [0.25, 0.3) is 11.3 Å². The lowest BCUT2D eigenvalue weighted by atomic mass is 10.2. The van der Waals surface area contributed by atoms with Crippen molar-refractivity contribution in [2.75, 3.05) is 0 Å². The van der Waals surface area contributed by atoms with E-state index in [0.717, 1.165) is 44.9 Å². The molecule has 31 heavy (non-hydrogen) atoms. The second kappa shape index (κ2) is 10.8. The van der Waals surface area contributed by atoms with Gasteiger partial charge in [0, 0.05) is 24.2 Å². The van der Waals surface area contributed by atoms with Crippen LogP contribution in [0.5, 0.6) is 0 Å². The molecule has 6 nitrogen and oxygen atoms in total. The predicted molar refractivity (Wildman–Crippen MR) is 139 cm³/mol. The Labute approximate surface area is 201 Å². The first-order chi connectivity index (χ1) is 13.6. The van der Waals surface area contributed by atoms with Gasteiger partial charge in [-0.15, -0.1) is 0 Å². The average molecular weight is 565 g/mol. The lowest BCUT2D eigenvalue weighted by molar-refractivity contribution is 0.982. The molecule has 4 aromatic heterocycles. The van der Waals surface area contributed by atoms with Crippen LogP contribution < -0.4 is 11.1 Å². The van der Waals surface area contributed by atoms with Crippen molar-refractivity contribution < 1.29 is 0 Å². The Kier molecular flexibility index (Phi) is 9.49. The summed E-state index contributed by atoms with van der Waals surface area (Å²) in [6.45, 7) is 11.7. The van der Waals surface area contributed by atoms with Crippen LogP contribution in [0, 0.1) is 45.1 Å². The summed E-state index contributed by atoms with van der Waals surface area (Å²) in [6.07, 6.45) is 3.68. The highest BCUT2D eigenvalue weighted by Crippen LogP contribution is 2.11. The van der Waals surface area contributed by atoms with Gasteiger partial charge in [0.2, 0.25) is 0 Å². The molecule has 0 aliphatic carbocycles. The minimum absolute atomic E-state index is 0. The number of hydrogen-bond acceptors (Lipinski definition) is 4. The molecule has 0 aromatic carbocycles. The molecule has 4 aromatic rings. The van der Waals surface area contributed by atoms with Crippen LogP contribution in [-0.4, -0.2) is 18.8 Å². The van der Waals surface area contributed by atoms with Crippen molar-refractivity contribution in [1.82, 2.24) is 18.8 Å². The highest BCUT2D eigenvalue weighted by atomic mass is 127. The van der Waals surface area contributed by atoms with Crippen LogP contribution >= 0.6 is 42.4 Å². The largest absolute Gasteiger partial charge is 3.00 e. The van der Waals surface area contributed by atoms with Crippen molar-refractivity contribution >= 4 is 53.7 Å². The smallest absolute Gasteiger partial charge is 0.271 e. The van der Waals surface area contributed by atoms with E-state index in [9.17, 15) is 9.59 Å². The fourth-order valence-corrected chi connectivity index (χ4v) is 3.31. The fourth-order valence-electron chi connectivity index (χ4n) is 2.93. The van der Waals surface area contributed by atoms with E-state index in [1.807, 2.05) is 88.7 Å². The quantitative estimate of drug-likeness (QED) is 0.215. The number of aromatic nitrogens is 4. The van der Waals surface area contributed by atoms with E-state index in [0.29, 0.717) is 3.57 Å².